The van der Waals surface area contributed by atoms with Gasteiger partial charge in [0.05, 0.1) is 6.04 Å². The van der Waals surface area contributed by atoms with Crippen molar-refractivity contribution < 1.29 is 10.0 Å². The standard InChI is InChI=1S/C24H39NO2/c1-2-3-4-5-6-7-8-9-10-14-17-23-19-22(20-24(26)25(23)27)18-21-15-12-11-13-16-21/h11-13,15-16,22-23,27H,2-10,14,17-20H2,1H3/t22-,23-/m0/s1. The zero-order chi connectivity index (χ0) is 19.3. The van der Waals surface area contributed by atoms with Gasteiger partial charge >= 0.3 is 0 Å². The SMILES string of the molecule is CCCCCCCCCCCC[C@H]1C[C@H](Cc2ccccc2)CC(=O)N1O. The van der Waals surface area contributed by atoms with Gasteiger partial charge in [-0.1, -0.05) is 101 Å². The Morgan fingerprint density at radius 3 is 2.15 bits per heavy atom. The molecule has 0 radical (unpaired) electrons. The molecule has 1 aromatic carbocycles. The van der Waals surface area contributed by atoms with Gasteiger partial charge in [0.1, 0.15) is 0 Å². The molecule has 152 valence electrons. The molecule has 1 aliphatic heterocycles. The van der Waals surface area contributed by atoms with Crippen LogP contribution in [0.1, 0.15) is 96.0 Å². The van der Waals surface area contributed by atoms with Crippen LogP contribution in [0.2, 0.25) is 0 Å². The summed E-state index contributed by atoms with van der Waals surface area (Å²) in [4.78, 5) is 12.2. The number of carbonyl (C=O) groups is 1. The van der Waals surface area contributed by atoms with Crippen LogP contribution in [-0.4, -0.2) is 22.2 Å². The highest BCUT2D eigenvalue weighted by Crippen LogP contribution is 2.29. The summed E-state index contributed by atoms with van der Waals surface area (Å²) < 4.78 is 0. The Morgan fingerprint density at radius 1 is 0.926 bits per heavy atom. The largest absolute Gasteiger partial charge is 0.286 e. The zero-order valence-corrected chi connectivity index (χ0v) is 17.2. The number of hydrogen-bond acceptors (Lipinski definition) is 2. The van der Waals surface area contributed by atoms with Crippen molar-refractivity contribution >= 4 is 5.91 Å². The van der Waals surface area contributed by atoms with Crippen molar-refractivity contribution in [2.45, 2.75) is 103 Å². The first-order valence-corrected chi connectivity index (χ1v) is 11.3. The van der Waals surface area contributed by atoms with Gasteiger partial charge in [-0.15, -0.1) is 0 Å². The molecule has 3 nitrogen and oxygen atoms in total. The van der Waals surface area contributed by atoms with Crippen LogP contribution in [0.3, 0.4) is 0 Å². The molecular formula is C24H39NO2. The summed E-state index contributed by atoms with van der Waals surface area (Å²) in [5.74, 6) is 0.260. The van der Waals surface area contributed by atoms with E-state index < -0.39 is 0 Å². The minimum atomic E-state index is -0.0979. The summed E-state index contributed by atoms with van der Waals surface area (Å²) in [5.41, 5.74) is 1.29. The molecule has 0 spiro atoms. The van der Waals surface area contributed by atoms with Crippen molar-refractivity contribution in [1.82, 2.24) is 5.06 Å². The molecule has 0 unspecified atom stereocenters. The molecule has 0 aliphatic carbocycles. The summed E-state index contributed by atoms with van der Waals surface area (Å²) in [6.07, 6.45) is 16.4. The van der Waals surface area contributed by atoms with E-state index in [2.05, 4.69) is 31.2 Å². The Morgan fingerprint density at radius 2 is 1.52 bits per heavy atom. The maximum Gasteiger partial charge on any atom is 0.246 e. The lowest BCUT2D eigenvalue weighted by Gasteiger charge is -2.35. The molecule has 0 bridgehead atoms. The molecule has 1 N–H and O–H groups in total. The van der Waals surface area contributed by atoms with Crippen LogP contribution in [0.25, 0.3) is 0 Å². The lowest BCUT2D eigenvalue weighted by atomic mass is 9.85. The van der Waals surface area contributed by atoms with Crippen LogP contribution >= 0.6 is 0 Å². The van der Waals surface area contributed by atoms with Crippen LogP contribution in [0, 0.1) is 5.92 Å². The van der Waals surface area contributed by atoms with Crippen LogP contribution < -0.4 is 0 Å². The van der Waals surface area contributed by atoms with E-state index in [1.807, 2.05) is 6.07 Å². The lowest BCUT2D eigenvalue weighted by molar-refractivity contribution is -0.186. The number of hydrogen-bond donors (Lipinski definition) is 1. The molecule has 1 aliphatic rings. The van der Waals surface area contributed by atoms with Crippen molar-refractivity contribution in [3.63, 3.8) is 0 Å². The Bertz CT molecular complexity index is 516. The summed E-state index contributed by atoms with van der Waals surface area (Å²) in [6.45, 7) is 2.26. The van der Waals surface area contributed by atoms with Crippen molar-refractivity contribution in [2.24, 2.45) is 5.92 Å². The summed E-state index contributed by atoms with van der Waals surface area (Å²) in [7, 11) is 0. The highest BCUT2D eigenvalue weighted by molar-refractivity contribution is 5.76. The second-order valence-electron chi connectivity index (χ2n) is 8.36. The van der Waals surface area contributed by atoms with Gasteiger partial charge in [0.15, 0.2) is 0 Å². The number of nitrogens with zero attached hydrogens (tertiary/aromatic N) is 1. The fraction of sp³-hybridized carbons (Fsp3) is 0.708. The smallest absolute Gasteiger partial charge is 0.246 e. The van der Waals surface area contributed by atoms with E-state index in [1.165, 1.54) is 63.4 Å². The van der Waals surface area contributed by atoms with E-state index in [0.717, 1.165) is 30.7 Å². The van der Waals surface area contributed by atoms with E-state index in [-0.39, 0.29) is 11.9 Å². The van der Waals surface area contributed by atoms with E-state index in [1.54, 1.807) is 0 Å². The minimum absolute atomic E-state index is 0.00834. The second kappa shape index (κ2) is 12.9. The average molecular weight is 374 g/mol. The van der Waals surface area contributed by atoms with Gasteiger partial charge < -0.3 is 0 Å². The van der Waals surface area contributed by atoms with Crippen molar-refractivity contribution in [2.75, 3.05) is 0 Å². The zero-order valence-electron chi connectivity index (χ0n) is 17.2. The number of piperidine rings is 1. The third-order valence-electron chi connectivity index (χ3n) is 5.93. The van der Waals surface area contributed by atoms with Crippen molar-refractivity contribution in [1.29, 1.82) is 0 Å². The normalized spacial score (nSPS) is 20.2. The molecule has 0 aromatic heterocycles. The van der Waals surface area contributed by atoms with E-state index in [0.29, 0.717) is 12.3 Å². The summed E-state index contributed by atoms with van der Waals surface area (Å²) >= 11 is 0. The van der Waals surface area contributed by atoms with Crippen molar-refractivity contribution in [3.05, 3.63) is 35.9 Å². The van der Waals surface area contributed by atoms with Gasteiger partial charge in [-0.05, 0) is 30.7 Å². The first-order valence-electron chi connectivity index (χ1n) is 11.3. The molecule has 1 fully saturated rings. The van der Waals surface area contributed by atoms with Gasteiger partial charge in [0.2, 0.25) is 5.91 Å². The van der Waals surface area contributed by atoms with Gasteiger partial charge in [-0.3, -0.25) is 10.0 Å². The first kappa shape index (κ1) is 21.9. The number of rotatable bonds is 13. The molecule has 3 heteroatoms. The Balaban J connectivity index is 1.60. The predicted octanol–water partition coefficient (Wildman–Crippen LogP) is 6.54. The Hall–Kier alpha value is -1.35. The third-order valence-corrected chi connectivity index (χ3v) is 5.93. The highest BCUT2D eigenvalue weighted by Gasteiger charge is 2.32. The molecular weight excluding hydrogens is 334 g/mol. The van der Waals surface area contributed by atoms with Crippen LogP contribution in [0.5, 0.6) is 0 Å². The minimum Gasteiger partial charge on any atom is -0.286 e. The van der Waals surface area contributed by atoms with E-state index >= 15 is 0 Å². The predicted molar refractivity (Wildman–Crippen MR) is 112 cm³/mol. The molecule has 0 saturated carbocycles. The average Bonchev–Trinajstić information content (AvgIpc) is 2.67. The van der Waals surface area contributed by atoms with Crippen LogP contribution in [-0.2, 0) is 11.2 Å². The Kier molecular flexibility index (Phi) is 10.5. The van der Waals surface area contributed by atoms with Crippen LogP contribution in [0.4, 0.5) is 0 Å². The molecule has 2 atom stereocenters. The molecule has 1 amide bonds. The first-order chi connectivity index (χ1) is 13.2. The van der Waals surface area contributed by atoms with Crippen LogP contribution in [0.15, 0.2) is 30.3 Å². The third kappa shape index (κ3) is 8.47. The number of carbonyl (C=O) groups excluding carboxylic acids is 1. The monoisotopic (exact) mass is 373 g/mol. The molecule has 27 heavy (non-hydrogen) atoms. The number of hydroxylamine groups is 2. The number of amides is 1. The molecule has 2 rings (SSSR count). The summed E-state index contributed by atoms with van der Waals surface area (Å²) in [6, 6.07) is 10.4. The number of benzene rings is 1. The second-order valence-corrected chi connectivity index (χ2v) is 8.36. The van der Waals surface area contributed by atoms with Gasteiger partial charge in [0, 0.05) is 6.42 Å². The topological polar surface area (TPSA) is 40.5 Å². The quantitative estimate of drug-likeness (QED) is 0.315. The maximum atomic E-state index is 12.2. The van der Waals surface area contributed by atoms with E-state index in [4.69, 9.17) is 0 Å². The van der Waals surface area contributed by atoms with Crippen molar-refractivity contribution in [3.8, 4) is 0 Å². The van der Waals surface area contributed by atoms with Gasteiger partial charge in [-0.2, -0.15) is 0 Å². The maximum absolute atomic E-state index is 12.2. The molecule has 1 aromatic rings. The summed E-state index contributed by atoms with van der Waals surface area (Å²) in [5, 5.41) is 11.2. The molecule has 1 saturated heterocycles. The fourth-order valence-electron chi connectivity index (χ4n) is 4.32. The van der Waals surface area contributed by atoms with Gasteiger partial charge in [-0.25, -0.2) is 5.06 Å². The highest BCUT2D eigenvalue weighted by atomic mass is 16.5. The van der Waals surface area contributed by atoms with E-state index in [9.17, 15) is 10.0 Å². The number of unbranched alkanes of at least 4 members (excludes halogenated alkanes) is 9. The van der Waals surface area contributed by atoms with Gasteiger partial charge in [0.25, 0.3) is 0 Å². The fourth-order valence-corrected chi connectivity index (χ4v) is 4.32. The Labute approximate surface area is 166 Å². The lowest BCUT2D eigenvalue weighted by Crippen LogP contribution is -2.44. The molecule has 1 heterocycles.